The van der Waals surface area contributed by atoms with E-state index in [1.165, 1.54) is 17.7 Å². The fourth-order valence-electron chi connectivity index (χ4n) is 3.19. The number of hydrogen-bond acceptors (Lipinski definition) is 4. The van der Waals surface area contributed by atoms with Gasteiger partial charge >= 0.3 is 0 Å². The summed E-state index contributed by atoms with van der Waals surface area (Å²) in [5.41, 5.74) is 3.23. The Kier molecular flexibility index (Phi) is 4.64. The first kappa shape index (κ1) is 16.3. The third-order valence-electron chi connectivity index (χ3n) is 4.43. The summed E-state index contributed by atoms with van der Waals surface area (Å²) < 4.78 is 5.70. The van der Waals surface area contributed by atoms with Crippen LogP contribution in [-0.2, 0) is 24.1 Å². The van der Waals surface area contributed by atoms with Crippen LogP contribution in [-0.4, -0.2) is 21.1 Å². The number of amides is 1. The summed E-state index contributed by atoms with van der Waals surface area (Å²) >= 11 is 0. The molecule has 1 aromatic carbocycles. The van der Waals surface area contributed by atoms with E-state index in [9.17, 15) is 4.79 Å². The van der Waals surface area contributed by atoms with Crippen LogP contribution in [0.4, 0.5) is 5.82 Å². The fourth-order valence-corrected chi connectivity index (χ4v) is 3.19. The number of aromatic amines is 1. The number of nitrogens with zero attached hydrogens (tertiary/aromatic N) is 2. The maximum absolute atomic E-state index is 12.4. The van der Waals surface area contributed by atoms with Gasteiger partial charge in [0.1, 0.15) is 11.6 Å². The summed E-state index contributed by atoms with van der Waals surface area (Å²) in [5.74, 6) is 1.47. The third-order valence-corrected chi connectivity index (χ3v) is 4.43. The first-order valence-corrected chi connectivity index (χ1v) is 8.83. The van der Waals surface area contributed by atoms with Gasteiger partial charge in [-0.2, -0.15) is 10.1 Å². The molecular formula is C20H20N4O2. The second kappa shape index (κ2) is 7.39. The Hall–Kier alpha value is -3.15. The van der Waals surface area contributed by atoms with Gasteiger partial charge < -0.3 is 10.1 Å². The number of para-hydroxylation sites is 1. The van der Waals surface area contributed by atoms with Crippen LogP contribution in [0.2, 0.25) is 0 Å². The number of fused-ring (bicyclic) bond motifs is 1. The molecule has 6 heteroatoms. The minimum atomic E-state index is -0.130. The highest BCUT2D eigenvalue weighted by molar-refractivity contribution is 5.91. The molecule has 4 rings (SSSR count). The summed E-state index contributed by atoms with van der Waals surface area (Å²) in [5, 5.41) is 10.2. The summed E-state index contributed by atoms with van der Waals surface area (Å²) in [6.45, 7) is 0. The van der Waals surface area contributed by atoms with E-state index in [-0.39, 0.29) is 12.3 Å². The van der Waals surface area contributed by atoms with Crippen molar-refractivity contribution in [2.24, 2.45) is 0 Å². The molecule has 0 fully saturated rings. The predicted octanol–water partition coefficient (Wildman–Crippen LogP) is 3.66. The molecule has 3 aromatic rings. The van der Waals surface area contributed by atoms with E-state index in [4.69, 9.17) is 4.74 Å². The number of pyridine rings is 1. The van der Waals surface area contributed by atoms with Gasteiger partial charge in [0.25, 0.3) is 0 Å². The van der Waals surface area contributed by atoms with Crippen LogP contribution >= 0.6 is 0 Å². The van der Waals surface area contributed by atoms with Gasteiger partial charge in [-0.25, -0.2) is 0 Å². The fraction of sp³-hybridized carbons (Fsp3) is 0.250. The minimum absolute atomic E-state index is 0.130. The van der Waals surface area contributed by atoms with E-state index in [1.54, 1.807) is 18.2 Å². The van der Waals surface area contributed by atoms with E-state index < -0.39 is 0 Å². The number of H-pyrrole nitrogens is 1. The Bertz CT molecular complexity index is 905. The number of hydrogen-bond donors (Lipinski definition) is 2. The Labute approximate surface area is 151 Å². The molecule has 6 nitrogen and oxygen atoms in total. The molecule has 0 saturated heterocycles. The predicted molar refractivity (Wildman–Crippen MR) is 98.3 cm³/mol. The molecule has 0 atom stereocenters. The molecule has 2 heterocycles. The molecular weight excluding hydrogens is 328 g/mol. The maximum atomic E-state index is 12.4. The van der Waals surface area contributed by atoms with Crippen LogP contribution in [0.15, 0.2) is 48.5 Å². The summed E-state index contributed by atoms with van der Waals surface area (Å²) in [6.07, 6.45) is 4.59. The van der Waals surface area contributed by atoms with E-state index in [0.717, 1.165) is 25.0 Å². The molecule has 132 valence electrons. The molecule has 0 saturated carbocycles. The van der Waals surface area contributed by atoms with Crippen LogP contribution in [0.25, 0.3) is 0 Å². The Morgan fingerprint density at radius 1 is 1.08 bits per heavy atom. The standard InChI is InChI=1S/C20H20N4O2/c25-19(13-17-15-9-4-5-10-16(15)23-24-17)21-18-11-6-12-20(22-18)26-14-7-2-1-3-8-14/h1-3,6-8,11-12H,4-5,9-10,13H2,(H,23,24)(H,21,22,25). The van der Waals surface area contributed by atoms with Crippen molar-refractivity contribution in [3.05, 3.63) is 65.5 Å². The van der Waals surface area contributed by atoms with E-state index in [0.29, 0.717) is 17.4 Å². The Balaban J connectivity index is 1.41. The second-order valence-corrected chi connectivity index (χ2v) is 6.34. The topological polar surface area (TPSA) is 79.9 Å². The van der Waals surface area contributed by atoms with Crippen LogP contribution in [0.1, 0.15) is 29.8 Å². The number of carbonyl (C=O) groups excluding carboxylic acids is 1. The second-order valence-electron chi connectivity index (χ2n) is 6.34. The van der Waals surface area contributed by atoms with Crippen molar-refractivity contribution < 1.29 is 9.53 Å². The SMILES string of the molecule is O=C(Cc1n[nH]c2c1CCCC2)Nc1cccc(Oc2ccccc2)n1. The third kappa shape index (κ3) is 3.74. The van der Waals surface area contributed by atoms with Crippen LogP contribution in [0, 0.1) is 0 Å². The largest absolute Gasteiger partial charge is 0.439 e. The van der Waals surface area contributed by atoms with E-state index >= 15 is 0 Å². The molecule has 1 amide bonds. The van der Waals surface area contributed by atoms with E-state index in [1.807, 2.05) is 30.3 Å². The van der Waals surface area contributed by atoms with Gasteiger partial charge in [-0.05, 0) is 49.4 Å². The summed E-state index contributed by atoms with van der Waals surface area (Å²) in [7, 11) is 0. The number of ether oxygens (including phenoxy) is 1. The normalized spacial score (nSPS) is 13.1. The first-order chi connectivity index (χ1) is 12.8. The molecule has 1 aliphatic rings. The number of benzene rings is 1. The van der Waals surface area contributed by atoms with Crippen molar-refractivity contribution in [3.8, 4) is 11.6 Å². The minimum Gasteiger partial charge on any atom is -0.439 e. The lowest BCUT2D eigenvalue weighted by Crippen LogP contribution is -2.17. The van der Waals surface area contributed by atoms with Crippen molar-refractivity contribution in [2.45, 2.75) is 32.1 Å². The zero-order valence-corrected chi connectivity index (χ0v) is 14.4. The highest BCUT2D eigenvalue weighted by atomic mass is 16.5. The summed E-state index contributed by atoms with van der Waals surface area (Å²) in [4.78, 5) is 16.7. The molecule has 1 aliphatic carbocycles. The Morgan fingerprint density at radius 3 is 2.81 bits per heavy atom. The molecule has 0 unspecified atom stereocenters. The molecule has 2 N–H and O–H groups in total. The summed E-state index contributed by atoms with van der Waals surface area (Å²) in [6, 6.07) is 14.7. The van der Waals surface area contributed by atoms with Crippen molar-refractivity contribution in [3.63, 3.8) is 0 Å². The smallest absolute Gasteiger partial charge is 0.231 e. The van der Waals surface area contributed by atoms with Crippen LogP contribution < -0.4 is 10.1 Å². The maximum Gasteiger partial charge on any atom is 0.231 e. The van der Waals surface area contributed by atoms with Gasteiger partial charge in [0, 0.05) is 11.8 Å². The van der Waals surface area contributed by atoms with Gasteiger partial charge in [-0.15, -0.1) is 0 Å². The molecule has 0 radical (unpaired) electrons. The number of carbonyl (C=O) groups is 1. The molecule has 26 heavy (non-hydrogen) atoms. The lowest BCUT2D eigenvalue weighted by molar-refractivity contribution is -0.115. The average Bonchev–Trinajstić information content (AvgIpc) is 3.06. The van der Waals surface area contributed by atoms with Gasteiger partial charge in [0.2, 0.25) is 11.8 Å². The van der Waals surface area contributed by atoms with Crippen LogP contribution in [0.3, 0.4) is 0 Å². The number of rotatable bonds is 5. The lowest BCUT2D eigenvalue weighted by atomic mass is 9.95. The number of anilines is 1. The highest BCUT2D eigenvalue weighted by Crippen LogP contribution is 2.23. The van der Waals surface area contributed by atoms with E-state index in [2.05, 4.69) is 20.5 Å². The van der Waals surface area contributed by atoms with Gasteiger partial charge in [0.05, 0.1) is 12.1 Å². The highest BCUT2D eigenvalue weighted by Gasteiger charge is 2.18. The van der Waals surface area contributed by atoms with Crippen molar-refractivity contribution in [1.29, 1.82) is 0 Å². The van der Waals surface area contributed by atoms with Gasteiger partial charge in [-0.3, -0.25) is 9.89 Å². The van der Waals surface area contributed by atoms with Gasteiger partial charge in [-0.1, -0.05) is 24.3 Å². The first-order valence-electron chi connectivity index (χ1n) is 8.83. The lowest BCUT2D eigenvalue weighted by Gasteiger charge is -2.11. The van der Waals surface area contributed by atoms with Crippen molar-refractivity contribution >= 4 is 11.7 Å². The molecule has 0 aliphatic heterocycles. The zero-order valence-electron chi connectivity index (χ0n) is 14.4. The van der Waals surface area contributed by atoms with Crippen molar-refractivity contribution in [2.75, 3.05) is 5.32 Å². The molecule has 0 bridgehead atoms. The number of aryl methyl sites for hydroxylation is 1. The molecule has 2 aromatic heterocycles. The number of nitrogens with one attached hydrogen (secondary N) is 2. The van der Waals surface area contributed by atoms with Gasteiger partial charge in [0.15, 0.2) is 0 Å². The number of aromatic nitrogens is 3. The van der Waals surface area contributed by atoms with Crippen LogP contribution in [0.5, 0.6) is 11.6 Å². The Morgan fingerprint density at radius 2 is 1.92 bits per heavy atom. The molecule has 0 spiro atoms. The quantitative estimate of drug-likeness (QED) is 0.737. The average molecular weight is 348 g/mol. The zero-order chi connectivity index (χ0) is 17.8. The monoisotopic (exact) mass is 348 g/mol. The van der Waals surface area contributed by atoms with Crippen molar-refractivity contribution in [1.82, 2.24) is 15.2 Å².